The molecule has 1 atom stereocenters. The zero-order valence-corrected chi connectivity index (χ0v) is 16.2. The van der Waals surface area contributed by atoms with E-state index in [0.29, 0.717) is 24.7 Å². The number of carbonyl (C=O) groups is 1. The molecule has 1 amide bonds. The molecule has 144 valence electrons. The lowest BCUT2D eigenvalue weighted by Crippen LogP contribution is -2.53. The number of nitrogens with zero attached hydrogens (tertiary/aromatic N) is 4. The zero-order chi connectivity index (χ0) is 18.6. The van der Waals surface area contributed by atoms with E-state index in [1.54, 1.807) is 12.4 Å². The Morgan fingerprint density at radius 2 is 1.96 bits per heavy atom. The lowest BCUT2D eigenvalue weighted by molar-refractivity contribution is 0.0862. The number of carbonyl (C=O) groups excluding carboxylic acids is 1. The first-order valence-corrected chi connectivity index (χ1v) is 9.62. The van der Waals surface area contributed by atoms with Gasteiger partial charge in [0.2, 0.25) is 5.95 Å². The summed E-state index contributed by atoms with van der Waals surface area (Å²) in [5.74, 6) is 1.27. The van der Waals surface area contributed by atoms with Gasteiger partial charge in [-0.2, -0.15) is 0 Å². The topological polar surface area (TPSA) is 70.6 Å². The quantitative estimate of drug-likeness (QED) is 0.858. The second-order valence-corrected chi connectivity index (χ2v) is 8.19. The Kier molecular flexibility index (Phi) is 6.09. The minimum Gasteiger partial charge on any atom is -0.378 e. The van der Waals surface area contributed by atoms with Crippen molar-refractivity contribution >= 4 is 11.9 Å². The molecule has 0 bridgehead atoms. The van der Waals surface area contributed by atoms with Gasteiger partial charge in [-0.25, -0.2) is 9.97 Å². The summed E-state index contributed by atoms with van der Waals surface area (Å²) < 4.78 is 5.34. The van der Waals surface area contributed by atoms with Crippen LogP contribution in [0.3, 0.4) is 0 Å². The third-order valence-electron chi connectivity index (χ3n) is 5.01. The summed E-state index contributed by atoms with van der Waals surface area (Å²) in [7, 11) is 0. The van der Waals surface area contributed by atoms with Gasteiger partial charge in [0, 0.05) is 44.1 Å². The number of hydrogen-bond acceptors (Lipinski definition) is 6. The van der Waals surface area contributed by atoms with Crippen LogP contribution < -0.4 is 10.2 Å². The number of aromatic nitrogens is 2. The van der Waals surface area contributed by atoms with Crippen molar-refractivity contribution in [3.8, 4) is 0 Å². The molecule has 2 aliphatic rings. The molecule has 2 saturated heterocycles. The Balaban J connectivity index is 1.56. The first-order valence-electron chi connectivity index (χ1n) is 9.62. The van der Waals surface area contributed by atoms with Crippen molar-refractivity contribution in [2.24, 2.45) is 5.92 Å². The van der Waals surface area contributed by atoms with E-state index < -0.39 is 0 Å². The maximum Gasteiger partial charge on any atom is 0.254 e. The molecule has 0 saturated carbocycles. The normalized spacial score (nSPS) is 22.3. The monoisotopic (exact) mass is 361 g/mol. The van der Waals surface area contributed by atoms with Crippen molar-refractivity contribution in [2.45, 2.75) is 39.2 Å². The minimum atomic E-state index is -0.295. The second-order valence-electron chi connectivity index (χ2n) is 8.19. The second kappa shape index (κ2) is 8.31. The smallest absolute Gasteiger partial charge is 0.254 e. The van der Waals surface area contributed by atoms with Crippen molar-refractivity contribution < 1.29 is 9.53 Å². The molecule has 0 spiro atoms. The molecule has 3 rings (SSSR count). The Morgan fingerprint density at radius 3 is 2.62 bits per heavy atom. The van der Waals surface area contributed by atoms with Gasteiger partial charge in [-0.1, -0.05) is 6.92 Å². The Labute approximate surface area is 156 Å². The van der Waals surface area contributed by atoms with Crippen molar-refractivity contribution in [1.29, 1.82) is 0 Å². The fraction of sp³-hybridized carbons (Fsp3) is 0.737. The minimum absolute atomic E-state index is 0.117. The van der Waals surface area contributed by atoms with Crippen LogP contribution in [0.25, 0.3) is 0 Å². The largest absolute Gasteiger partial charge is 0.378 e. The van der Waals surface area contributed by atoms with Gasteiger partial charge in [0.25, 0.3) is 5.91 Å². The van der Waals surface area contributed by atoms with Crippen molar-refractivity contribution in [1.82, 2.24) is 20.2 Å². The van der Waals surface area contributed by atoms with Crippen molar-refractivity contribution in [2.75, 3.05) is 50.8 Å². The molecule has 1 N–H and O–H groups in total. The van der Waals surface area contributed by atoms with Crippen LogP contribution >= 0.6 is 0 Å². The standard InChI is InChI=1S/C19H31N5O2/c1-15-5-4-6-23(13-15)14-19(2,3)22-17(25)16-11-20-18(21-12-16)24-7-9-26-10-8-24/h11-12,15H,4-10,13-14H2,1-3H3,(H,22,25). The summed E-state index contributed by atoms with van der Waals surface area (Å²) in [4.78, 5) is 25.9. The average molecular weight is 361 g/mol. The van der Waals surface area contributed by atoms with Gasteiger partial charge in [-0.15, -0.1) is 0 Å². The highest BCUT2D eigenvalue weighted by Crippen LogP contribution is 2.18. The number of anilines is 1. The molecule has 1 unspecified atom stereocenters. The number of ether oxygens (including phenoxy) is 1. The molecular weight excluding hydrogens is 330 g/mol. The van der Waals surface area contributed by atoms with Crippen LogP contribution in [0, 0.1) is 5.92 Å². The number of morpholine rings is 1. The predicted molar refractivity (Wildman–Crippen MR) is 101 cm³/mol. The number of likely N-dealkylation sites (tertiary alicyclic amines) is 1. The lowest BCUT2D eigenvalue weighted by Gasteiger charge is -2.37. The van der Waals surface area contributed by atoms with E-state index in [2.05, 4.69) is 45.9 Å². The highest BCUT2D eigenvalue weighted by atomic mass is 16.5. The average Bonchev–Trinajstić information content (AvgIpc) is 2.62. The first kappa shape index (κ1) is 19.0. The molecule has 26 heavy (non-hydrogen) atoms. The third-order valence-corrected chi connectivity index (χ3v) is 5.01. The molecule has 1 aromatic heterocycles. The van der Waals surface area contributed by atoms with Crippen LogP contribution in [-0.4, -0.2) is 72.3 Å². The molecule has 2 fully saturated rings. The fourth-order valence-corrected chi connectivity index (χ4v) is 3.77. The number of piperidine rings is 1. The molecule has 1 aromatic rings. The molecule has 0 aromatic carbocycles. The number of hydrogen-bond donors (Lipinski definition) is 1. The maximum absolute atomic E-state index is 12.6. The van der Waals surface area contributed by atoms with E-state index in [0.717, 1.165) is 38.6 Å². The van der Waals surface area contributed by atoms with E-state index in [9.17, 15) is 4.79 Å². The summed E-state index contributed by atoms with van der Waals surface area (Å²) in [6.45, 7) is 12.5. The number of nitrogens with one attached hydrogen (secondary N) is 1. The Bertz CT molecular complexity index is 598. The fourth-order valence-electron chi connectivity index (χ4n) is 3.77. The zero-order valence-electron chi connectivity index (χ0n) is 16.2. The van der Waals surface area contributed by atoms with Gasteiger partial charge < -0.3 is 19.9 Å². The predicted octanol–water partition coefficient (Wildman–Crippen LogP) is 1.55. The number of rotatable bonds is 5. The van der Waals surface area contributed by atoms with Gasteiger partial charge >= 0.3 is 0 Å². The molecule has 7 heteroatoms. The van der Waals surface area contributed by atoms with Gasteiger partial charge in [-0.05, 0) is 39.2 Å². The van der Waals surface area contributed by atoms with Crippen molar-refractivity contribution in [3.05, 3.63) is 18.0 Å². The summed E-state index contributed by atoms with van der Waals surface area (Å²) in [6.07, 6.45) is 5.77. The highest BCUT2D eigenvalue weighted by molar-refractivity contribution is 5.94. The van der Waals surface area contributed by atoms with Crippen LogP contribution in [0.1, 0.15) is 44.0 Å². The van der Waals surface area contributed by atoms with Crippen LogP contribution in [0.5, 0.6) is 0 Å². The van der Waals surface area contributed by atoms with Crippen LogP contribution in [0.15, 0.2) is 12.4 Å². The van der Waals surface area contributed by atoms with E-state index in [1.807, 2.05) is 0 Å². The summed E-state index contributed by atoms with van der Waals surface area (Å²) in [5.41, 5.74) is 0.207. The Morgan fingerprint density at radius 1 is 1.27 bits per heavy atom. The molecule has 3 heterocycles. The van der Waals surface area contributed by atoms with Gasteiger partial charge in [0.15, 0.2) is 0 Å². The lowest BCUT2D eigenvalue weighted by atomic mass is 9.97. The molecule has 7 nitrogen and oxygen atoms in total. The molecular formula is C19H31N5O2. The summed E-state index contributed by atoms with van der Waals surface area (Å²) >= 11 is 0. The summed E-state index contributed by atoms with van der Waals surface area (Å²) in [6, 6.07) is 0. The maximum atomic E-state index is 12.6. The van der Waals surface area contributed by atoms with Crippen LogP contribution in [0.4, 0.5) is 5.95 Å². The Hall–Kier alpha value is -1.73. The van der Waals surface area contributed by atoms with Gasteiger partial charge in [0.05, 0.1) is 18.8 Å². The molecule has 2 aliphatic heterocycles. The molecule has 0 aliphatic carbocycles. The first-order chi connectivity index (χ1) is 12.4. The van der Waals surface area contributed by atoms with E-state index >= 15 is 0 Å². The molecule has 0 radical (unpaired) electrons. The third kappa shape index (κ3) is 5.14. The van der Waals surface area contributed by atoms with E-state index in [1.165, 1.54) is 12.8 Å². The van der Waals surface area contributed by atoms with Gasteiger partial charge in [0.1, 0.15) is 0 Å². The number of amides is 1. The van der Waals surface area contributed by atoms with E-state index in [4.69, 9.17) is 4.74 Å². The van der Waals surface area contributed by atoms with Crippen LogP contribution in [-0.2, 0) is 4.74 Å². The SMILES string of the molecule is CC1CCCN(CC(C)(C)NC(=O)c2cnc(N3CCOCC3)nc2)C1. The van der Waals surface area contributed by atoms with Crippen molar-refractivity contribution in [3.63, 3.8) is 0 Å². The van der Waals surface area contributed by atoms with E-state index in [-0.39, 0.29) is 11.4 Å². The highest BCUT2D eigenvalue weighted by Gasteiger charge is 2.27. The van der Waals surface area contributed by atoms with Crippen LogP contribution in [0.2, 0.25) is 0 Å². The van der Waals surface area contributed by atoms with Gasteiger partial charge in [-0.3, -0.25) is 4.79 Å². The summed E-state index contributed by atoms with van der Waals surface area (Å²) in [5, 5.41) is 3.14.